The number of benzene rings is 3. The van der Waals surface area contributed by atoms with Gasteiger partial charge in [0.2, 0.25) is 0 Å². The highest BCUT2D eigenvalue weighted by molar-refractivity contribution is 7.22. The van der Waals surface area contributed by atoms with Crippen LogP contribution in [0.3, 0.4) is 0 Å². The van der Waals surface area contributed by atoms with Gasteiger partial charge in [0, 0.05) is 10.6 Å². The molecule has 3 aromatic carbocycles. The second-order valence-corrected chi connectivity index (χ2v) is 9.96. The van der Waals surface area contributed by atoms with E-state index in [0.717, 1.165) is 26.9 Å². The molecule has 1 fully saturated rings. The van der Waals surface area contributed by atoms with Crippen molar-refractivity contribution in [3.63, 3.8) is 0 Å². The van der Waals surface area contributed by atoms with Crippen LogP contribution in [0.1, 0.15) is 33.9 Å². The van der Waals surface area contributed by atoms with Crippen molar-refractivity contribution in [3.8, 4) is 0 Å². The summed E-state index contributed by atoms with van der Waals surface area (Å²) in [5.41, 5.74) is 4.71. The molecule has 7 heteroatoms. The number of carbonyl (C=O) groups is 2. The normalized spacial score (nSPS) is 17.6. The Morgan fingerprint density at radius 3 is 2.50 bits per heavy atom. The molecule has 1 atom stereocenters. The Morgan fingerprint density at radius 1 is 1.00 bits per heavy atom. The Kier molecular flexibility index (Phi) is 5.50. The van der Waals surface area contributed by atoms with Gasteiger partial charge < -0.3 is 5.11 Å². The van der Waals surface area contributed by atoms with Gasteiger partial charge in [-0.25, -0.2) is 4.98 Å². The molecule has 0 aliphatic carbocycles. The van der Waals surface area contributed by atoms with Crippen molar-refractivity contribution in [2.24, 2.45) is 0 Å². The van der Waals surface area contributed by atoms with Crippen LogP contribution in [-0.4, -0.2) is 21.8 Å². The van der Waals surface area contributed by atoms with Crippen molar-refractivity contribution in [2.45, 2.75) is 26.8 Å². The molecule has 1 saturated heterocycles. The maximum absolute atomic E-state index is 13.4. The first-order valence-electron chi connectivity index (χ1n) is 10.8. The molecule has 4 aromatic rings. The number of aliphatic hydroxyl groups excluding tert-OH is 1. The number of Topliss-reactive ketones (excluding diaryl/α,β-unsaturated/α-hetero) is 1. The second-order valence-electron chi connectivity index (χ2n) is 8.51. The van der Waals surface area contributed by atoms with Crippen LogP contribution in [0, 0.1) is 20.8 Å². The van der Waals surface area contributed by atoms with Crippen LogP contribution in [0.5, 0.6) is 0 Å². The highest BCUT2D eigenvalue weighted by atomic mass is 35.5. The van der Waals surface area contributed by atoms with Gasteiger partial charge in [-0.2, -0.15) is 0 Å². The van der Waals surface area contributed by atoms with E-state index in [1.54, 1.807) is 24.3 Å². The SMILES string of the molecule is Cc1ccc(C)c(/C(O)=C2\C(=O)C(=O)N(c3nc4ccc(C)cc4s3)C2c2cccc(Cl)c2)c1. The number of aromatic nitrogens is 1. The molecule has 5 rings (SSSR count). The first-order valence-corrected chi connectivity index (χ1v) is 12.0. The van der Waals surface area contributed by atoms with Crippen LogP contribution in [0.15, 0.2) is 66.2 Å². The molecule has 1 aromatic heterocycles. The van der Waals surface area contributed by atoms with Crippen molar-refractivity contribution in [2.75, 3.05) is 4.90 Å². The molecule has 5 nitrogen and oxygen atoms in total. The smallest absolute Gasteiger partial charge is 0.301 e. The minimum Gasteiger partial charge on any atom is -0.507 e. The van der Waals surface area contributed by atoms with E-state index in [2.05, 4.69) is 4.98 Å². The summed E-state index contributed by atoms with van der Waals surface area (Å²) < 4.78 is 0.913. The maximum Gasteiger partial charge on any atom is 0.301 e. The predicted octanol–water partition coefficient (Wildman–Crippen LogP) is 6.50. The summed E-state index contributed by atoms with van der Waals surface area (Å²) in [6.07, 6.45) is 0. The molecular weight excluding hydrogens is 468 g/mol. The van der Waals surface area contributed by atoms with Gasteiger partial charge in [-0.05, 0) is 67.8 Å². The van der Waals surface area contributed by atoms with Gasteiger partial charge in [0.25, 0.3) is 5.78 Å². The van der Waals surface area contributed by atoms with Crippen LogP contribution < -0.4 is 4.90 Å². The lowest BCUT2D eigenvalue weighted by Crippen LogP contribution is -2.29. The van der Waals surface area contributed by atoms with E-state index in [1.165, 1.54) is 16.2 Å². The van der Waals surface area contributed by atoms with E-state index in [0.29, 0.717) is 21.3 Å². The number of aliphatic hydroxyl groups is 1. The molecular formula is C27H21ClN2O3S. The molecule has 170 valence electrons. The fraction of sp³-hybridized carbons (Fsp3) is 0.148. The fourth-order valence-corrected chi connectivity index (χ4v) is 5.57. The quantitative estimate of drug-likeness (QED) is 0.203. The molecule has 34 heavy (non-hydrogen) atoms. The molecule has 1 aliphatic rings. The summed E-state index contributed by atoms with van der Waals surface area (Å²) in [4.78, 5) is 32.8. The van der Waals surface area contributed by atoms with Crippen molar-refractivity contribution in [3.05, 3.63) is 99.1 Å². The number of fused-ring (bicyclic) bond motifs is 1. The first-order chi connectivity index (χ1) is 16.2. The van der Waals surface area contributed by atoms with E-state index in [4.69, 9.17) is 11.6 Å². The van der Waals surface area contributed by atoms with E-state index in [-0.39, 0.29) is 11.3 Å². The lowest BCUT2D eigenvalue weighted by Gasteiger charge is -2.23. The number of rotatable bonds is 3. The van der Waals surface area contributed by atoms with Gasteiger partial charge in [-0.1, -0.05) is 58.8 Å². The Hall–Kier alpha value is -3.48. The van der Waals surface area contributed by atoms with Crippen molar-refractivity contribution < 1.29 is 14.7 Å². The number of aryl methyl sites for hydroxylation is 3. The number of hydrogen-bond acceptors (Lipinski definition) is 5. The third-order valence-corrected chi connectivity index (χ3v) is 7.25. The Morgan fingerprint density at radius 2 is 1.74 bits per heavy atom. The van der Waals surface area contributed by atoms with Gasteiger partial charge in [-0.15, -0.1) is 0 Å². The number of anilines is 1. The molecule has 0 radical (unpaired) electrons. The third-order valence-electron chi connectivity index (χ3n) is 6.00. The summed E-state index contributed by atoms with van der Waals surface area (Å²) in [5.74, 6) is -1.68. The molecule has 0 bridgehead atoms. The van der Waals surface area contributed by atoms with E-state index in [9.17, 15) is 14.7 Å². The third kappa shape index (κ3) is 3.69. The Balaban J connectivity index is 1.77. The molecule has 1 amide bonds. The second kappa shape index (κ2) is 8.38. The molecule has 0 saturated carbocycles. The Labute approximate surface area is 205 Å². The molecule has 1 aliphatic heterocycles. The number of carbonyl (C=O) groups excluding carboxylic acids is 2. The minimum absolute atomic E-state index is 0.0244. The molecule has 1 N–H and O–H groups in total. The zero-order valence-electron chi connectivity index (χ0n) is 18.8. The molecule has 2 heterocycles. The number of halogens is 1. The number of ketones is 1. The number of amides is 1. The summed E-state index contributed by atoms with van der Waals surface area (Å²) in [6, 6.07) is 17.6. The molecule has 0 spiro atoms. The first kappa shape index (κ1) is 22.3. The van der Waals surface area contributed by atoms with Gasteiger partial charge in [0.1, 0.15) is 5.76 Å². The topological polar surface area (TPSA) is 70.5 Å². The van der Waals surface area contributed by atoms with Gasteiger partial charge in [0.15, 0.2) is 5.13 Å². The van der Waals surface area contributed by atoms with Crippen LogP contribution in [0.4, 0.5) is 5.13 Å². The van der Waals surface area contributed by atoms with Gasteiger partial charge in [0.05, 0.1) is 21.8 Å². The van der Waals surface area contributed by atoms with Crippen molar-refractivity contribution in [1.82, 2.24) is 4.98 Å². The lowest BCUT2D eigenvalue weighted by atomic mass is 9.93. The van der Waals surface area contributed by atoms with Crippen LogP contribution in [-0.2, 0) is 9.59 Å². The zero-order chi connectivity index (χ0) is 24.1. The van der Waals surface area contributed by atoms with Gasteiger partial charge >= 0.3 is 5.91 Å². The molecule has 1 unspecified atom stereocenters. The highest BCUT2D eigenvalue weighted by Gasteiger charge is 2.48. The number of nitrogens with zero attached hydrogens (tertiary/aromatic N) is 2. The van der Waals surface area contributed by atoms with Crippen molar-refractivity contribution in [1.29, 1.82) is 0 Å². The predicted molar refractivity (Wildman–Crippen MR) is 137 cm³/mol. The number of hydrogen-bond donors (Lipinski definition) is 1. The van der Waals surface area contributed by atoms with E-state index in [1.807, 2.05) is 57.2 Å². The van der Waals surface area contributed by atoms with Crippen LogP contribution in [0.25, 0.3) is 16.0 Å². The largest absolute Gasteiger partial charge is 0.507 e. The zero-order valence-corrected chi connectivity index (χ0v) is 20.4. The summed E-state index contributed by atoms with van der Waals surface area (Å²) in [6.45, 7) is 5.75. The van der Waals surface area contributed by atoms with E-state index < -0.39 is 17.7 Å². The standard InChI is InChI=1S/C27H21ClN2O3S/c1-14-7-9-16(3)19(11-14)24(31)22-23(17-5-4-6-18(28)13-17)30(26(33)25(22)32)27-29-20-10-8-15(2)12-21(20)34-27/h4-13,23,31H,1-3H3/b24-22+. The Bertz CT molecular complexity index is 1520. The maximum atomic E-state index is 13.4. The fourth-order valence-electron chi connectivity index (χ4n) is 4.28. The van der Waals surface area contributed by atoms with E-state index >= 15 is 0 Å². The van der Waals surface area contributed by atoms with Crippen LogP contribution >= 0.6 is 22.9 Å². The number of thiazole rings is 1. The average molecular weight is 489 g/mol. The monoisotopic (exact) mass is 488 g/mol. The average Bonchev–Trinajstić information content (AvgIpc) is 3.33. The minimum atomic E-state index is -0.861. The highest BCUT2D eigenvalue weighted by Crippen LogP contribution is 2.45. The van der Waals surface area contributed by atoms with Gasteiger partial charge in [-0.3, -0.25) is 14.5 Å². The summed E-state index contributed by atoms with van der Waals surface area (Å²) in [5, 5.41) is 12.2. The summed E-state index contributed by atoms with van der Waals surface area (Å²) >= 11 is 7.62. The summed E-state index contributed by atoms with van der Waals surface area (Å²) in [7, 11) is 0. The van der Waals surface area contributed by atoms with Crippen molar-refractivity contribution >= 4 is 55.7 Å². The lowest BCUT2D eigenvalue weighted by molar-refractivity contribution is -0.132. The van der Waals surface area contributed by atoms with Crippen LogP contribution in [0.2, 0.25) is 5.02 Å².